The van der Waals surface area contributed by atoms with Crippen LogP contribution in [0.3, 0.4) is 0 Å². The van der Waals surface area contributed by atoms with Crippen molar-refractivity contribution >= 4 is 21.6 Å². The summed E-state index contributed by atoms with van der Waals surface area (Å²) in [6.07, 6.45) is 11.0. The zero-order chi connectivity index (χ0) is 25.3. The van der Waals surface area contributed by atoms with Crippen molar-refractivity contribution in [1.82, 2.24) is 0 Å². The lowest BCUT2D eigenvalue weighted by Crippen LogP contribution is -2.21. The number of benzene rings is 2. The summed E-state index contributed by atoms with van der Waals surface area (Å²) in [5, 5.41) is 0.340. The van der Waals surface area contributed by atoms with Gasteiger partial charge in [0.05, 0.1) is 6.10 Å². The highest BCUT2D eigenvalue weighted by molar-refractivity contribution is 7.18. The van der Waals surface area contributed by atoms with Crippen molar-refractivity contribution in [2.45, 2.75) is 96.6 Å². The summed E-state index contributed by atoms with van der Waals surface area (Å²) in [6, 6.07) is 18.6. The molecule has 0 N–H and O–H groups in total. The van der Waals surface area contributed by atoms with Gasteiger partial charge in [-0.15, -0.1) is 11.3 Å². The van der Waals surface area contributed by atoms with E-state index >= 15 is 0 Å². The molecule has 0 saturated carbocycles. The van der Waals surface area contributed by atoms with Crippen LogP contribution in [0.1, 0.15) is 84.6 Å². The van der Waals surface area contributed by atoms with Gasteiger partial charge in [0.25, 0.3) is 0 Å². The quantitative estimate of drug-likeness (QED) is 0.155. The Bertz CT molecular complexity index is 1040. The van der Waals surface area contributed by atoms with E-state index in [1.54, 1.807) is 23.5 Å². The lowest BCUT2D eigenvalue weighted by molar-refractivity contribution is 0.182. The Morgan fingerprint density at radius 3 is 2.20 bits per heavy atom. The van der Waals surface area contributed by atoms with Gasteiger partial charge in [-0.2, -0.15) is 0 Å². The van der Waals surface area contributed by atoms with Gasteiger partial charge in [-0.3, -0.25) is 0 Å². The van der Waals surface area contributed by atoms with Crippen molar-refractivity contribution in [3.63, 3.8) is 0 Å². The first-order chi connectivity index (χ1) is 16.8. The van der Waals surface area contributed by atoms with Crippen LogP contribution < -0.4 is 4.74 Å². The van der Waals surface area contributed by atoms with Crippen molar-refractivity contribution in [2.75, 3.05) is 0 Å². The molecule has 0 aliphatic rings. The first kappa shape index (κ1) is 27.7. The topological polar surface area (TPSA) is 9.23 Å². The number of halogens is 1. The Hall–Kier alpha value is -1.91. The third-order valence-electron chi connectivity index (χ3n) is 6.76. The maximum Gasteiger partial charge on any atom is 0.165 e. The van der Waals surface area contributed by atoms with Crippen LogP contribution in [0.2, 0.25) is 5.04 Å². The van der Waals surface area contributed by atoms with Crippen molar-refractivity contribution in [2.24, 2.45) is 0 Å². The zero-order valence-electron chi connectivity index (χ0n) is 22.3. The summed E-state index contributed by atoms with van der Waals surface area (Å²) in [5.41, 5.74) is 3.54. The molecular weight excluding hydrogens is 467 g/mol. The molecule has 35 heavy (non-hydrogen) atoms. The molecule has 190 valence electrons. The molecule has 2 atom stereocenters. The van der Waals surface area contributed by atoms with Gasteiger partial charge in [-0.05, 0) is 78.2 Å². The molecule has 1 aromatic heterocycles. The number of thiophene rings is 1. The average Bonchev–Trinajstić information content (AvgIpc) is 3.32. The second-order valence-corrected chi connectivity index (χ2v) is 14.2. The maximum atomic E-state index is 14.9. The van der Waals surface area contributed by atoms with E-state index in [2.05, 4.69) is 64.1 Å². The van der Waals surface area contributed by atoms with Gasteiger partial charge in [0.2, 0.25) is 0 Å². The minimum Gasteiger partial charge on any atom is -0.488 e. The number of unbranched alkanes of at least 4 members (excludes halogenated alkanes) is 4. The van der Waals surface area contributed by atoms with Gasteiger partial charge in [0.1, 0.15) is 0 Å². The summed E-state index contributed by atoms with van der Waals surface area (Å²) in [7, 11) is 1.13. The van der Waals surface area contributed by atoms with Crippen molar-refractivity contribution < 1.29 is 9.13 Å². The predicted molar refractivity (Wildman–Crippen MR) is 156 cm³/mol. The maximum absolute atomic E-state index is 14.9. The van der Waals surface area contributed by atoms with E-state index in [1.165, 1.54) is 60.9 Å². The smallest absolute Gasteiger partial charge is 0.165 e. The molecule has 0 spiro atoms. The highest BCUT2D eigenvalue weighted by Crippen LogP contribution is 2.37. The molecule has 4 heteroatoms. The lowest BCUT2D eigenvalue weighted by Gasteiger charge is -2.28. The first-order valence-corrected chi connectivity index (χ1v) is 15.3. The third kappa shape index (κ3) is 8.61. The number of hydrogen-bond acceptors (Lipinski definition) is 2. The van der Waals surface area contributed by atoms with E-state index in [0.29, 0.717) is 10.8 Å². The monoisotopic (exact) mass is 510 g/mol. The van der Waals surface area contributed by atoms with E-state index in [-0.39, 0.29) is 11.9 Å². The molecule has 0 fully saturated rings. The van der Waals surface area contributed by atoms with Gasteiger partial charge in [-0.1, -0.05) is 83.6 Å². The second-order valence-electron chi connectivity index (χ2n) is 10.7. The summed E-state index contributed by atoms with van der Waals surface area (Å²) >= 11 is 1.71. The van der Waals surface area contributed by atoms with Gasteiger partial charge >= 0.3 is 0 Å². The fraction of sp³-hybridized carbons (Fsp3) is 0.484. The fourth-order valence-corrected chi connectivity index (χ4v) is 6.72. The van der Waals surface area contributed by atoms with Crippen LogP contribution in [0, 0.1) is 5.82 Å². The van der Waals surface area contributed by atoms with Gasteiger partial charge in [0, 0.05) is 20.0 Å². The molecule has 1 nitrogen and oxygen atoms in total. The molecule has 0 amide bonds. The Morgan fingerprint density at radius 1 is 0.886 bits per heavy atom. The highest BCUT2D eigenvalue weighted by atomic mass is 32.1. The molecule has 3 rings (SSSR count). The van der Waals surface area contributed by atoms with Gasteiger partial charge in [-0.25, -0.2) is 4.39 Å². The Balaban J connectivity index is 1.61. The van der Waals surface area contributed by atoms with Crippen molar-refractivity contribution in [3.8, 4) is 26.6 Å². The first-order valence-electron chi connectivity index (χ1n) is 13.5. The van der Waals surface area contributed by atoms with Crippen LogP contribution >= 0.6 is 11.3 Å². The molecule has 2 unspecified atom stereocenters. The minimum absolute atomic E-state index is 0.0117. The molecule has 2 aromatic carbocycles. The average molecular weight is 511 g/mol. The summed E-state index contributed by atoms with van der Waals surface area (Å²) < 4.78 is 21.0. The fourth-order valence-electron chi connectivity index (χ4n) is 4.78. The number of aryl methyl sites for hydroxylation is 1. The van der Waals surface area contributed by atoms with E-state index in [4.69, 9.17) is 4.74 Å². The Labute approximate surface area is 219 Å². The van der Waals surface area contributed by atoms with Crippen molar-refractivity contribution in [3.05, 3.63) is 66.0 Å². The standard InChI is InChI=1S/C31H43FOSSi/c1-5-7-9-10-11-24-12-14-25(15-13-24)29-18-19-30(34-29)26-16-17-28(27(32)21-26)33-23(3)22-31(4,35)20-8-6-2/h12-19,21,23H,5-11,20,22H2,1-4,35H3. The minimum atomic E-state index is -0.277. The number of hydrogen-bond donors (Lipinski definition) is 0. The summed E-state index contributed by atoms with van der Waals surface area (Å²) in [5.74, 6) is 0.0841. The van der Waals surface area contributed by atoms with Gasteiger partial charge in [0.15, 0.2) is 11.6 Å². The summed E-state index contributed by atoms with van der Waals surface area (Å²) in [4.78, 5) is 2.29. The summed E-state index contributed by atoms with van der Waals surface area (Å²) in [6.45, 7) is 8.89. The van der Waals surface area contributed by atoms with Crippen LogP contribution in [0.4, 0.5) is 4.39 Å². The Morgan fingerprint density at radius 2 is 1.54 bits per heavy atom. The largest absolute Gasteiger partial charge is 0.488 e. The highest BCUT2D eigenvalue weighted by Gasteiger charge is 2.22. The molecule has 0 radical (unpaired) electrons. The zero-order valence-corrected chi connectivity index (χ0v) is 25.1. The van der Waals surface area contributed by atoms with Crippen molar-refractivity contribution in [1.29, 1.82) is 0 Å². The molecule has 0 bridgehead atoms. The normalized spacial score (nSPS) is 14.1. The van der Waals surface area contributed by atoms with E-state index in [0.717, 1.165) is 33.5 Å². The Kier molecular flexibility index (Phi) is 10.6. The predicted octanol–water partition coefficient (Wildman–Crippen LogP) is 9.24. The van der Waals surface area contributed by atoms with E-state index < -0.39 is 0 Å². The molecule has 1 heterocycles. The van der Waals surface area contributed by atoms with Crippen LogP contribution in [-0.4, -0.2) is 16.3 Å². The van der Waals surface area contributed by atoms with Gasteiger partial charge < -0.3 is 4.74 Å². The molecule has 0 aliphatic heterocycles. The molecular formula is C31H43FOSSi. The van der Waals surface area contributed by atoms with Crippen LogP contribution in [0.25, 0.3) is 20.9 Å². The lowest BCUT2D eigenvalue weighted by atomic mass is 9.96. The van der Waals surface area contributed by atoms with Crippen LogP contribution in [-0.2, 0) is 6.42 Å². The number of ether oxygens (including phenoxy) is 1. The number of rotatable bonds is 14. The molecule has 3 aromatic rings. The SMILES string of the molecule is CCCCCCc1ccc(-c2ccc(-c3ccc(OC(C)CC(C)([SiH3])CCCC)c(F)c3)s2)cc1. The molecule has 0 aliphatic carbocycles. The van der Waals surface area contributed by atoms with E-state index in [9.17, 15) is 4.39 Å². The van der Waals surface area contributed by atoms with E-state index in [1.807, 2.05) is 6.07 Å². The van der Waals surface area contributed by atoms with Crippen LogP contribution in [0.5, 0.6) is 5.75 Å². The third-order valence-corrected chi connectivity index (χ3v) is 8.85. The van der Waals surface area contributed by atoms with Crippen LogP contribution in [0.15, 0.2) is 54.6 Å². The molecule has 0 saturated heterocycles. The second kappa shape index (κ2) is 13.4.